The molecule has 2 aliphatic rings. The normalized spacial score (nSPS) is 21.6. The van der Waals surface area contributed by atoms with Crippen LogP contribution in [-0.2, 0) is 11.8 Å². The third kappa shape index (κ3) is 3.68. The molecular formula is C17H28N4O2. The van der Waals surface area contributed by atoms with E-state index in [9.17, 15) is 4.79 Å². The summed E-state index contributed by atoms with van der Waals surface area (Å²) in [5.74, 6) is 1.81. The predicted octanol–water partition coefficient (Wildman–Crippen LogP) is 2.22. The molecule has 128 valence electrons. The zero-order valence-electron chi connectivity index (χ0n) is 14.3. The van der Waals surface area contributed by atoms with Gasteiger partial charge in [0, 0.05) is 44.5 Å². The summed E-state index contributed by atoms with van der Waals surface area (Å²) in [5, 5.41) is 0. The molecule has 3 heterocycles. The second-order valence-corrected chi connectivity index (χ2v) is 6.62. The van der Waals surface area contributed by atoms with Gasteiger partial charge in [0.25, 0.3) is 0 Å². The molecule has 0 bridgehead atoms. The lowest BCUT2D eigenvalue weighted by atomic mass is 9.93. The van der Waals surface area contributed by atoms with Gasteiger partial charge < -0.3 is 19.1 Å². The number of nitrogens with zero attached hydrogens (tertiary/aromatic N) is 4. The van der Waals surface area contributed by atoms with Gasteiger partial charge in [-0.1, -0.05) is 0 Å². The highest BCUT2D eigenvalue weighted by Gasteiger charge is 2.31. The molecule has 1 aromatic heterocycles. The van der Waals surface area contributed by atoms with Gasteiger partial charge in [-0.15, -0.1) is 0 Å². The van der Waals surface area contributed by atoms with Crippen LogP contribution in [0.3, 0.4) is 0 Å². The smallest absolute Gasteiger partial charge is 0.409 e. The van der Waals surface area contributed by atoms with E-state index in [1.807, 2.05) is 24.2 Å². The van der Waals surface area contributed by atoms with Crippen molar-refractivity contribution in [1.82, 2.24) is 19.4 Å². The number of carbonyl (C=O) groups is 1. The highest BCUT2D eigenvalue weighted by molar-refractivity contribution is 5.67. The maximum absolute atomic E-state index is 11.8. The van der Waals surface area contributed by atoms with Gasteiger partial charge in [0.1, 0.15) is 5.82 Å². The minimum absolute atomic E-state index is 0.153. The van der Waals surface area contributed by atoms with Gasteiger partial charge in [0.05, 0.1) is 6.61 Å². The fraction of sp³-hybridized carbons (Fsp3) is 0.765. The van der Waals surface area contributed by atoms with Crippen LogP contribution in [0.25, 0.3) is 0 Å². The van der Waals surface area contributed by atoms with Crippen LogP contribution in [0.2, 0.25) is 0 Å². The van der Waals surface area contributed by atoms with E-state index >= 15 is 0 Å². The molecule has 6 nitrogen and oxygen atoms in total. The molecule has 2 fully saturated rings. The van der Waals surface area contributed by atoms with E-state index in [1.54, 1.807) is 0 Å². The molecule has 1 amide bonds. The number of imidazole rings is 1. The van der Waals surface area contributed by atoms with Crippen molar-refractivity contribution in [2.24, 2.45) is 7.05 Å². The summed E-state index contributed by atoms with van der Waals surface area (Å²) in [6, 6.07) is 0.614. The van der Waals surface area contributed by atoms with Gasteiger partial charge in [0.2, 0.25) is 0 Å². The van der Waals surface area contributed by atoms with E-state index in [1.165, 1.54) is 18.7 Å². The maximum atomic E-state index is 11.8. The standard InChI is InChI=1S/C17H28N4O2/c1-3-23-17(22)21-11-6-15(7-12-21)20-9-4-14(5-10-20)16-18-8-13-19(16)2/h8,13-15H,3-7,9-12H2,1-2H3. The summed E-state index contributed by atoms with van der Waals surface area (Å²) in [6.45, 7) is 6.24. The molecule has 0 unspecified atom stereocenters. The maximum Gasteiger partial charge on any atom is 0.409 e. The first kappa shape index (κ1) is 16.3. The van der Waals surface area contributed by atoms with E-state index in [-0.39, 0.29) is 6.09 Å². The Labute approximate surface area is 138 Å². The molecule has 3 rings (SSSR count). The molecule has 23 heavy (non-hydrogen) atoms. The summed E-state index contributed by atoms with van der Waals surface area (Å²) in [6.07, 6.45) is 8.27. The molecule has 0 saturated carbocycles. The van der Waals surface area contributed by atoms with E-state index in [2.05, 4.69) is 21.5 Å². The monoisotopic (exact) mass is 320 g/mol. The molecule has 1 aromatic rings. The number of aromatic nitrogens is 2. The van der Waals surface area contributed by atoms with Gasteiger partial charge in [0.15, 0.2) is 0 Å². The number of amides is 1. The minimum Gasteiger partial charge on any atom is -0.450 e. The van der Waals surface area contributed by atoms with Gasteiger partial charge in [-0.05, 0) is 45.7 Å². The summed E-state index contributed by atoms with van der Waals surface area (Å²) in [4.78, 5) is 20.7. The number of carbonyl (C=O) groups excluding carboxylic acids is 1. The van der Waals surface area contributed by atoms with Gasteiger partial charge >= 0.3 is 6.09 Å². The first-order valence-electron chi connectivity index (χ1n) is 8.82. The first-order chi connectivity index (χ1) is 11.2. The highest BCUT2D eigenvalue weighted by atomic mass is 16.6. The van der Waals surface area contributed by atoms with Crippen molar-refractivity contribution in [3.8, 4) is 0 Å². The fourth-order valence-electron chi connectivity index (χ4n) is 3.92. The van der Waals surface area contributed by atoms with Crippen molar-refractivity contribution in [3.63, 3.8) is 0 Å². The lowest BCUT2D eigenvalue weighted by Gasteiger charge is -2.41. The van der Waals surface area contributed by atoms with E-state index in [0.29, 0.717) is 18.6 Å². The van der Waals surface area contributed by atoms with Crippen LogP contribution in [0, 0.1) is 0 Å². The number of rotatable bonds is 3. The SMILES string of the molecule is CCOC(=O)N1CCC(N2CCC(c3nccn3C)CC2)CC1. The van der Waals surface area contributed by atoms with Crippen molar-refractivity contribution in [2.45, 2.75) is 44.6 Å². The second-order valence-electron chi connectivity index (χ2n) is 6.62. The molecule has 0 aromatic carbocycles. The lowest BCUT2D eigenvalue weighted by molar-refractivity contribution is 0.0658. The van der Waals surface area contributed by atoms with Crippen molar-refractivity contribution < 1.29 is 9.53 Å². The summed E-state index contributed by atoms with van der Waals surface area (Å²) >= 11 is 0. The van der Waals surface area contributed by atoms with Crippen LogP contribution < -0.4 is 0 Å². The van der Waals surface area contributed by atoms with Gasteiger partial charge in [-0.2, -0.15) is 0 Å². The highest BCUT2D eigenvalue weighted by Crippen LogP contribution is 2.29. The Balaban J connectivity index is 1.46. The van der Waals surface area contributed by atoms with Gasteiger partial charge in [-0.3, -0.25) is 0 Å². The van der Waals surface area contributed by atoms with E-state index < -0.39 is 0 Å². The predicted molar refractivity (Wildman–Crippen MR) is 88.4 cm³/mol. The average molecular weight is 320 g/mol. The third-order valence-electron chi connectivity index (χ3n) is 5.26. The molecule has 0 atom stereocenters. The van der Waals surface area contributed by atoms with Crippen molar-refractivity contribution in [3.05, 3.63) is 18.2 Å². The summed E-state index contributed by atoms with van der Waals surface area (Å²) in [5.41, 5.74) is 0. The van der Waals surface area contributed by atoms with Crippen LogP contribution in [-0.4, -0.2) is 64.3 Å². The Morgan fingerprint density at radius 1 is 1.22 bits per heavy atom. The Hall–Kier alpha value is -1.56. The topological polar surface area (TPSA) is 50.6 Å². The number of ether oxygens (including phenoxy) is 1. The second kappa shape index (κ2) is 7.34. The number of aryl methyl sites for hydroxylation is 1. The molecule has 0 radical (unpaired) electrons. The molecular weight excluding hydrogens is 292 g/mol. The molecule has 0 N–H and O–H groups in total. The lowest BCUT2D eigenvalue weighted by Crippen LogP contribution is -2.49. The van der Waals surface area contributed by atoms with Crippen LogP contribution >= 0.6 is 0 Å². The van der Waals surface area contributed by atoms with E-state index in [4.69, 9.17) is 4.74 Å². The quantitative estimate of drug-likeness (QED) is 0.857. The number of hydrogen-bond donors (Lipinski definition) is 0. The Bertz CT molecular complexity index is 514. The Morgan fingerprint density at radius 2 is 1.91 bits per heavy atom. The average Bonchev–Trinajstić information content (AvgIpc) is 3.01. The molecule has 2 saturated heterocycles. The van der Waals surface area contributed by atoms with Crippen molar-refractivity contribution in [2.75, 3.05) is 32.8 Å². The number of likely N-dealkylation sites (tertiary alicyclic amines) is 2. The Kier molecular flexibility index (Phi) is 5.20. The molecule has 2 aliphatic heterocycles. The fourth-order valence-corrected chi connectivity index (χ4v) is 3.92. The van der Waals surface area contributed by atoms with Crippen LogP contribution in [0.1, 0.15) is 44.3 Å². The zero-order valence-corrected chi connectivity index (χ0v) is 14.3. The molecule has 6 heteroatoms. The van der Waals surface area contributed by atoms with Crippen molar-refractivity contribution in [1.29, 1.82) is 0 Å². The largest absolute Gasteiger partial charge is 0.450 e. The first-order valence-corrected chi connectivity index (χ1v) is 8.82. The minimum atomic E-state index is -0.153. The molecule has 0 aliphatic carbocycles. The van der Waals surface area contributed by atoms with Gasteiger partial charge in [-0.25, -0.2) is 9.78 Å². The van der Waals surface area contributed by atoms with Crippen LogP contribution in [0.4, 0.5) is 4.79 Å². The van der Waals surface area contributed by atoms with Crippen LogP contribution in [0.5, 0.6) is 0 Å². The number of piperidine rings is 2. The Morgan fingerprint density at radius 3 is 2.48 bits per heavy atom. The molecule has 0 spiro atoms. The summed E-state index contributed by atoms with van der Waals surface area (Å²) in [7, 11) is 2.08. The van der Waals surface area contributed by atoms with Crippen LogP contribution in [0.15, 0.2) is 12.4 Å². The summed E-state index contributed by atoms with van der Waals surface area (Å²) < 4.78 is 7.24. The van der Waals surface area contributed by atoms with Crippen molar-refractivity contribution >= 4 is 6.09 Å². The third-order valence-corrected chi connectivity index (χ3v) is 5.26. The van der Waals surface area contributed by atoms with E-state index in [0.717, 1.165) is 39.0 Å². The zero-order chi connectivity index (χ0) is 16.2. The number of hydrogen-bond acceptors (Lipinski definition) is 4.